The SMILES string of the molecule is CN1C=CN(c2cc(-c3ccc(-c4ccccc4)cc3)cc(-n3[c-][n+](C)cc3)c2)C1. The van der Waals surface area contributed by atoms with Gasteiger partial charge in [-0.3, -0.25) is 0 Å². The molecule has 0 spiro atoms. The van der Waals surface area contributed by atoms with E-state index >= 15 is 0 Å². The molecule has 0 saturated carbocycles. The van der Waals surface area contributed by atoms with Crippen LogP contribution in [-0.2, 0) is 7.05 Å². The summed E-state index contributed by atoms with van der Waals surface area (Å²) in [6.07, 6.45) is 11.6. The predicted octanol–water partition coefficient (Wildman–Crippen LogP) is 4.62. The van der Waals surface area contributed by atoms with E-state index in [9.17, 15) is 0 Å². The molecule has 0 N–H and O–H groups in total. The summed E-state index contributed by atoms with van der Waals surface area (Å²) in [5.74, 6) is 0. The Labute approximate surface area is 177 Å². The number of aromatic nitrogens is 2. The molecule has 148 valence electrons. The lowest BCUT2D eigenvalue weighted by molar-refractivity contribution is -0.674. The zero-order valence-corrected chi connectivity index (χ0v) is 17.2. The number of hydrogen-bond acceptors (Lipinski definition) is 2. The Morgan fingerprint density at radius 1 is 0.767 bits per heavy atom. The van der Waals surface area contributed by atoms with Gasteiger partial charge in [0.1, 0.15) is 0 Å². The van der Waals surface area contributed by atoms with E-state index in [2.05, 4.69) is 102 Å². The van der Waals surface area contributed by atoms with Crippen molar-refractivity contribution in [1.29, 1.82) is 0 Å². The van der Waals surface area contributed by atoms with Gasteiger partial charge < -0.3 is 18.9 Å². The van der Waals surface area contributed by atoms with Gasteiger partial charge in [-0.2, -0.15) is 0 Å². The Balaban J connectivity index is 1.56. The summed E-state index contributed by atoms with van der Waals surface area (Å²) in [4.78, 5) is 4.43. The Morgan fingerprint density at radius 3 is 2.07 bits per heavy atom. The molecule has 0 amide bonds. The van der Waals surface area contributed by atoms with E-state index in [1.54, 1.807) is 0 Å². The first kappa shape index (κ1) is 18.3. The zero-order chi connectivity index (χ0) is 20.5. The van der Waals surface area contributed by atoms with Crippen molar-refractivity contribution in [3.63, 3.8) is 0 Å². The van der Waals surface area contributed by atoms with E-state index in [4.69, 9.17) is 0 Å². The van der Waals surface area contributed by atoms with Crippen molar-refractivity contribution >= 4 is 5.69 Å². The molecular weight excluding hydrogens is 368 g/mol. The Bertz CT molecular complexity index is 1190. The van der Waals surface area contributed by atoms with Crippen molar-refractivity contribution < 1.29 is 4.57 Å². The van der Waals surface area contributed by atoms with Crippen molar-refractivity contribution in [2.24, 2.45) is 7.05 Å². The fourth-order valence-electron chi connectivity index (χ4n) is 3.80. The van der Waals surface area contributed by atoms with Gasteiger partial charge in [0.05, 0.1) is 19.4 Å². The van der Waals surface area contributed by atoms with Gasteiger partial charge in [0, 0.05) is 37.5 Å². The van der Waals surface area contributed by atoms with Crippen molar-refractivity contribution in [2.45, 2.75) is 0 Å². The van der Waals surface area contributed by atoms with Crippen LogP contribution in [0, 0.1) is 6.33 Å². The molecule has 2 heterocycles. The average Bonchev–Trinajstić information content (AvgIpc) is 3.42. The molecular formula is C26H24N4. The van der Waals surface area contributed by atoms with E-state index in [1.807, 2.05) is 34.6 Å². The first-order valence-corrected chi connectivity index (χ1v) is 10.1. The molecule has 5 rings (SSSR count). The van der Waals surface area contributed by atoms with Crippen LogP contribution in [0.3, 0.4) is 0 Å². The number of nitrogens with zero attached hydrogens (tertiary/aromatic N) is 4. The molecule has 0 aliphatic carbocycles. The Kier molecular flexibility index (Phi) is 4.60. The second-order valence-electron chi connectivity index (χ2n) is 7.73. The normalized spacial score (nSPS) is 13.3. The van der Waals surface area contributed by atoms with Gasteiger partial charge >= 0.3 is 0 Å². The highest BCUT2D eigenvalue weighted by atomic mass is 15.3. The standard InChI is InChI=1S/C26H24N4/c1-27-12-14-29(19-27)25-16-24(17-26(18-25)30-15-13-28(2)20-30)23-10-8-22(9-11-23)21-6-4-3-5-7-21/h3-18H,19H2,1-2H3. The van der Waals surface area contributed by atoms with Crippen LogP contribution < -0.4 is 9.47 Å². The van der Waals surface area contributed by atoms with Crippen LogP contribution in [0.4, 0.5) is 5.69 Å². The summed E-state index contributed by atoms with van der Waals surface area (Å²) in [5.41, 5.74) is 7.11. The summed E-state index contributed by atoms with van der Waals surface area (Å²) >= 11 is 0. The van der Waals surface area contributed by atoms with Gasteiger partial charge in [-0.05, 0) is 40.5 Å². The fourth-order valence-corrected chi connectivity index (χ4v) is 3.80. The van der Waals surface area contributed by atoms with Crippen molar-refractivity contribution in [2.75, 3.05) is 18.6 Å². The predicted molar refractivity (Wildman–Crippen MR) is 121 cm³/mol. The van der Waals surface area contributed by atoms with Crippen LogP contribution in [0.1, 0.15) is 0 Å². The first-order valence-electron chi connectivity index (χ1n) is 10.1. The topological polar surface area (TPSA) is 15.3 Å². The quantitative estimate of drug-likeness (QED) is 0.372. The molecule has 0 atom stereocenters. The summed E-state index contributed by atoms with van der Waals surface area (Å²) < 4.78 is 3.97. The third-order valence-electron chi connectivity index (χ3n) is 5.42. The summed E-state index contributed by atoms with van der Waals surface area (Å²) in [5, 5.41) is 0. The minimum atomic E-state index is 0.846. The second kappa shape index (κ2) is 7.56. The molecule has 0 bridgehead atoms. The molecule has 4 aromatic rings. The van der Waals surface area contributed by atoms with E-state index in [1.165, 1.54) is 27.9 Å². The molecule has 4 nitrogen and oxygen atoms in total. The average molecular weight is 393 g/mol. The summed E-state index contributed by atoms with van der Waals surface area (Å²) in [6, 6.07) is 26.0. The Morgan fingerprint density at radius 2 is 1.43 bits per heavy atom. The molecule has 0 radical (unpaired) electrons. The minimum Gasteiger partial charge on any atom is -0.361 e. The lowest BCUT2D eigenvalue weighted by atomic mass is 9.99. The summed E-state index contributed by atoms with van der Waals surface area (Å²) in [6.45, 7) is 0.846. The largest absolute Gasteiger partial charge is 0.361 e. The summed E-state index contributed by atoms with van der Waals surface area (Å²) in [7, 11) is 4.07. The molecule has 30 heavy (non-hydrogen) atoms. The van der Waals surface area contributed by atoms with Gasteiger partial charge in [-0.15, -0.1) is 0 Å². The van der Waals surface area contributed by atoms with Crippen LogP contribution in [0.25, 0.3) is 27.9 Å². The maximum Gasteiger partial charge on any atom is 0.243 e. The maximum atomic E-state index is 3.31. The van der Waals surface area contributed by atoms with Gasteiger partial charge in [0.25, 0.3) is 0 Å². The van der Waals surface area contributed by atoms with E-state index in [-0.39, 0.29) is 0 Å². The maximum absolute atomic E-state index is 3.31. The smallest absolute Gasteiger partial charge is 0.243 e. The third-order valence-corrected chi connectivity index (χ3v) is 5.42. The van der Waals surface area contributed by atoms with Crippen LogP contribution in [0.5, 0.6) is 0 Å². The molecule has 0 fully saturated rings. The van der Waals surface area contributed by atoms with Crippen molar-refractivity contribution in [3.8, 4) is 27.9 Å². The Hall–Kier alpha value is -3.79. The van der Waals surface area contributed by atoms with Gasteiger partial charge in [-0.25, -0.2) is 0 Å². The molecule has 4 heteroatoms. The van der Waals surface area contributed by atoms with Crippen molar-refractivity contribution in [1.82, 2.24) is 9.47 Å². The van der Waals surface area contributed by atoms with Crippen LogP contribution in [0.2, 0.25) is 0 Å². The highest BCUT2D eigenvalue weighted by Crippen LogP contribution is 2.31. The fraction of sp³-hybridized carbons (Fsp3) is 0.115. The number of rotatable bonds is 4. The second-order valence-corrected chi connectivity index (χ2v) is 7.73. The molecule has 1 aromatic heterocycles. The number of hydrogen-bond donors (Lipinski definition) is 0. The van der Waals surface area contributed by atoms with Gasteiger partial charge in [0.2, 0.25) is 6.33 Å². The lowest BCUT2D eigenvalue weighted by Crippen LogP contribution is -2.24. The van der Waals surface area contributed by atoms with Gasteiger partial charge in [0.15, 0.2) is 0 Å². The number of imidazole rings is 1. The first-order chi connectivity index (χ1) is 14.7. The monoisotopic (exact) mass is 392 g/mol. The van der Waals surface area contributed by atoms with Gasteiger partial charge in [-0.1, -0.05) is 54.6 Å². The number of anilines is 1. The molecule has 1 aliphatic heterocycles. The van der Waals surface area contributed by atoms with E-state index in [0.717, 1.165) is 12.4 Å². The zero-order valence-electron chi connectivity index (χ0n) is 17.2. The van der Waals surface area contributed by atoms with Crippen LogP contribution in [0.15, 0.2) is 97.6 Å². The molecule has 3 aromatic carbocycles. The van der Waals surface area contributed by atoms with E-state index in [0.29, 0.717) is 0 Å². The lowest BCUT2D eigenvalue weighted by Gasteiger charge is -2.21. The van der Waals surface area contributed by atoms with Crippen LogP contribution >= 0.6 is 0 Å². The van der Waals surface area contributed by atoms with Crippen molar-refractivity contribution in [3.05, 3.63) is 104 Å². The third kappa shape index (κ3) is 3.60. The molecule has 0 saturated heterocycles. The molecule has 0 unspecified atom stereocenters. The number of aryl methyl sites for hydroxylation is 1. The molecule has 1 aliphatic rings. The minimum absolute atomic E-state index is 0.846. The van der Waals surface area contributed by atoms with E-state index < -0.39 is 0 Å². The number of benzene rings is 3. The highest BCUT2D eigenvalue weighted by Gasteiger charge is 2.14. The highest BCUT2D eigenvalue weighted by molar-refractivity contribution is 5.75. The van der Waals surface area contributed by atoms with Crippen LogP contribution in [-0.4, -0.2) is 23.2 Å².